The lowest BCUT2D eigenvalue weighted by Gasteiger charge is -2.31. The monoisotopic (exact) mass is 299 g/mol. The average Bonchev–Trinajstić information content (AvgIpc) is 2.47. The third kappa shape index (κ3) is 2.34. The van der Waals surface area contributed by atoms with E-state index >= 15 is 0 Å². The molecule has 4 nitrogen and oxygen atoms in total. The molecule has 1 aliphatic carbocycles. The van der Waals surface area contributed by atoms with Crippen molar-refractivity contribution in [1.29, 1.82) is 5.26 Å². The van der Waals surface area contributed by atoms with Crippen LogP contribution in [0.25, 0.3) is 0 Å². The number of hydrogen-bond acceptors (Lipinski definition) is 3. The van der Waals surface area contributed by atoms with Crippen LogP contribution in [-0.2, 0) is 18.3 Å². The van der Waals surface area contributed by atoms with E-state index in [4.69, 9.17) is 11.6 Å². The molecular weight excluding hydrogens is 286 g/mol. The number of aromatic amines is 1. The van der Waals surface area contributed by atoms with Crippen LogP contribution in [0.2, 0.25) is 5.02 Å². The van der Waals surface area contributed by atoms with Crippen molar-refractivity contribution in [1.82, 2.24) is 9.97 Å². The van der Waals surface area contributed by atoms with Crippen molar-refractivity contribution in [2.75, 3.05) is 0 Å². The zero-order chi connectivity index (χ0) is 15.0. The van der Waals surface area contributed by atoms with E-state index in [0.717, 1.165) is 11.3 Å². The molecule has 1 atom stereocenters. The number of rotatable bonds is 1. The molecule has 1 aromatic carbocycles. The van der Waals surface area contributed by atoms with Crippen LogP contribution in [0.1, 0.15) is 29.1 Å². The summed E-state index contributed by atoms with van der Waals surface area (Å²) < 4.78 is 0. The lowest BCUT2D eigenvalue weighted by molar-refractivity contribution is 0.461. The van der Waals surface area contributed by atoms with Gasteiger partial charge in [0.1, 0.15) is 5.82 Å². The van der Waals surface area contributed by atoms with Gasteiger partial charge in [-0.15, -0.1) is 0 Å². The number of nitrogens with zero attached hydrogens (tertiary/aromatic N) is 2. The second-order valence-electron chi connectivity index (χ2n) is 5.46. The molecule has 1 N–H and O–H groups in total. The maximum Gasteiger partial charge on any atom is 0.254 e. The Bertz CT molecular complexity index is 806. The fraction of sp³-hybridized carbons (Fsp3) is 0.312. The molecule has 1 heterocycles. The Balaban J connectivity index is 2.12. The van der Waals surface area contributed by atoms with Gasteiger partial charge in [-0.3, -0.25) is 4.79 Å². The smallest absolute Gasteiger partial charge is 0.254 e. The van der Waals surface area contributed by atoms with E-state index in [1.807, 2.05) is 18.2 Å². The molecule has 3 rings (SSSR count). The second kappa shape index (κ2) is 5.01. The summed E-state index contributed by atoms with van der Waals surface area (Å²) in [7, 11) is 0. The summed E-state index contributed by atoms with van der Waals surface area (Å²) in [5.41, 5.74) is 1.45. The fourth-order valence-electron chi connectivity index (χ4n) is 2.97. The van der Waals surface area contributed by atoms with Gasteiger partial charge in [-0.05, 0) is 37.5 Å². The number of aryl methyl sites for hydroxylation is 2. The Morgan fingerprint density at radius 1 is 1.48 bits per heavy atom. The minimum absolute atomic E-state index is 0.140. The largest absolute Gasteiger partial charge is 0.311 e. The second-order valence-corrected chi connectivity index (χ2v) is 5.89. The number of halogens is 1. The van der Waals surface area contributed by atoms with E-state index in [1.165, 1.54) is 0 Å². The summed E-state index contributed by atoms with van der Waals surface area (Å²) in [6.45, 7) is 1.77. The van der Waals surface area contributed by atoms with Gasteiger partial charge >= 0.3 is 0 Å². The Morgan fingerprint density at radius 3 is 3.00 bits per heavy atom. The van der Waals surface area contributed by atoms with Crippen LogP contribution in [0.5, 0.6) is 0 Å². The first kappa shape index (κ1) is 13.8. The minimum atomic E-state index is -0.707. The number of nitriles is 1. The minimum Gasteiger partial charge on any atom is -0.311 e. The summed E-state index contributed by atoms with van der Waals surface area (Å²) in [6, 6.07) is 9.73. The van der Waals surface area contributed by atoms with Crippen molar-refractivity contribution in [2.24, 2.45) is 0 Å². The topological polar surface area (TPSA) is 69.5 Å². The quantitative estimate of drug-likeness (QED) is 0.880. The van der Waals surface area contributed by atoms with Crippen molar-refractivity contribution in [3.63, 3.8) is 0 Å². The average molecular weight is 300 g/mol. The van der Waals surface area contributed by atoms with Gasteiger partial charge in [-0.25, -0.2) is 4.98 Å². The highest BCUT2D eigenvalue weighted by Crippen LogP contribution is 2.37. The van der Waals surface area contributed by atoms with Crippen LogP contribution in [0.3, 0.4) is 0 Å². The molecule has 21 heavy (non-hydrogen) atoms. The van der Waals surface area contributed by atoms with Gasteiger partial charge in [-0.1, -0.05) is 23.7 Å². The summed E-state index contributed by atoms with van der Waals surface area (Å²) in [5.74, 6) is 0.617. The third-order valence-corrected chi connectivity index (χ3v) is 4.31. The Morgan fingerprint density at radius 2 is 2.29 bits per heavy atom. The molecule has 1 aromatic heterocycles. The number of H-pyrrole nitrogens is 1. The maximum absolute atomic E-state index is 12.2. The molecular formula is C16H14ClN3O. The van der Waals surface area contributed by atoms with Gasteiger partial charge in [0, 0.05) is 17.0 Å². The molecule has 0 spiro atoms. The van der Waals surface area contributed by atoms with Crippen molar-refractivity contribution in [3.05, 3.63) is 62.3 Å². The van der Waals surface area contributed by atoms with E-state index in [-0.39, 0.29) is 5.56 Å². The van der Waals surface area contributed by atoms with Gasteiger partial charge < -0.3 is 4.98 Å². The standard InChI is InChI=1S/C16H14ClN3O/c1-10-19-14-5-6-16(9-18,8-13(14)15(21)20-10)11-3-2-4-12(17)7-11/h2-4,7H,5-6,8H2,1H3,(H,19,20,21). The molecule has 0 amide bonds. The van der Waals surface area contributed by atoms with E-state index in [2.05, 4.69) is 16.0 Å². The molecule has 5 heteroatoms. The van der Waals surface area contributed by atoms with Gasteiger partial charge in [0.2, 0.25) is 0 Å². The predicted molar refractivity (Wildman–Crippen MR) is 80.4 cm³/mol. The summed E-state index contributed by atoms with van der Waals surface area (Å²) in [5, 5.41) is 10.3. The molecule has 2 aromatic rings. The van der Waals surface area contributed by atoms with E-state index in [0.29, 0.717) is 35.7 Å². The molecule has 0 saturated carbocycles. The SMILES string of the molecule is Cc1nc2c(c(=O)[nH]1)CC(C#N)(c1cccc(Cl)c1)CC2. The first-order valence-electron chi connectivity index (χ1n) is 6.80. The highest BCUT2D eigenvalue weighted by molar-refractivity contribution is 6.30. The predicted octanol–water partition coefficient (Wildman–Crippen LogP) is 2.68. The van der Waals surface area contributed by atoms with E-state index < -0.39 is 5.41 Å². The molecule has 0 bridgehead atoms. The van der Waals surface area contributed by atoms with Crippen LogP contribution in [0.4, 0.5) is 0 Å². The van der Waals surface area contributed by atoms with Crippen molar-refractivity contribution < 1.29 is 0 Å². The van der Waals surface area contributed by atoms with Gasteiger partial charge in [0.05, 0.1) is 17.2 Å². The third-order valence-electron chi connectivity index (χ3n) is 4.08. The van der Waals surface area contributed by atoms with Gasteiger partial charge in [0.15, 0.2) is 0 Å². The molecule has 0 radical (unpaired) electrons. The fourth-order valence-corrected chi connectivity index (χ4v) is 3.16. The van der Waals surface area contributed by atoms with Crippen molar-refractivity contribution in [2.45, 2.75) is 31.6 Å². The van der Waals surface area contributed by atoms with Crippen LogP contribution in [0.15, 0.2) is 29.1 Å². The first-order chi connectivity index (χ1) is 10.0. The molecule has 0 aliphatic heterocycles. The number of benzene rings is 1. The van der Waals surface area contributed by atoms with Crippen LogP contribution in [-0.4, -0.2) is 9.97 Å². The molecule has 1 unspecified atom stereocenters. The van der Waals surface area contributed by atoms with Crippen molar-refractivity contribution in [3.8, 4) is 6.07 Å². The highest BCUT2D eigenvalue weighted by atomic mass is 35.5. The Hall–Kier alpha value is -2.12. The maximum atomic E-state index is 12.2. The van der Waals surface area contributed by atoms with Crippen LogP contribution >= 0.6 is 11.6 Å². The van der Waals surface area contributed by atoms with Crippen LogP contribution < -0.4 is 5.56 Å². The van der Waals surface area contributed by atoms with Gasteiger partial charge in [0.25, 0.3) is 5.56 Å². The molecule has 1 aliphatic rings. The number of hydrogen-bond donors (Lipinski definition) is 1. The zero-order valence-electron chi connectivity index (χ0n) is 11.6. The molecule has 0 fully saturated rings. The van der Waals surface area contributed by atoms with Crippen LogP contribution in [0, 0.1) is 18.3 Å². The summed E-state index contributed by atoms with van der Waals surface area (Å²) >= 11 is 6.05. The normalized spacial score (nSPS) is 20.6. The van der Waals surface area contributed by atoms with Gasteiger partial charge in [-0.2, -0.15) is 5.26 Å². The number of fused-ring (bicyclic) bond motifs is 1. The molecule has 0 saturated heterocycles. The first-order valence-corrected chi connectivity index (χ1v) is 7.18. The number of aromatic nitrogens is 2. The summed E-state index contributed by atoms with van der Waals surface area (Å²) in [4.78, 5) is 19.3. The van der Waals surface area contributed by atoms with E-state index in [9.17, 15) is 10.1 Å². The number of nitrogens with one attached hydrogen (secondary N) is 1. The molecule has 106 valence electrons. The van der Waals surface area contributed by atoms with E-state index in [1.54, 1.807) is 13.0 Å². The lowest BCUT2D eigenvalue weighted by Crippen LogP contribution is -2.36. The Labute approximate surface area is 127 Å². The summed E-state index contributed by atoms with van der Waals surface area (Å²) in [6.07, 6.45) is 1.65. The zero-order valence-corrected chi connectivity index (χ0v) is 12.4. The lowest BCUT2D eigenvalue weighted by atomic mass is 9.70. The highest BCUT2D eigenvalue weighted by Gasteiger charge is 2.38. The Kier molecular flexibility index (Phi) is 3.30. The van der Waals surface area contributed by atoms with Crippen molar-refractivity contribution >= 4 is 11.6 Å².